The Morgan fingerprint density at radius 3 is 2.69 bits per heavy atom. The second-order valence-corrected chi connectivity index (χ2v) is 6.16. The van der Waals surface area contributed by atoms with Gasteiger partial charge in [0.05, 0.1) is 5.52 Å². The first-order chi connectivity index (χ1) is 12.5. The third-order valence-corrected chi connectivity index (χ3v) is 4.30. The second kappa shape index (κ2) is 7.39. The molecule has 2 amide bonds. The molecule has 0 fully saturated rings. The number of rotatable bonds is 5. The van der Waals surface area contributed by atoms with Crippen LogP contribution in [0.2, 0.25) is 0 Å². The van der Waals surface area contributed by atoms with Gasteiger partial charge in [0.25, 0.3) is 5.91 Å². The van der Waals surface area contributed by atoms with E-state index in [1.807, 2.05) is 25.1 Å². The number of benzene rings is 2. The van der Waals surface area contributed by atoms with Gasteiger partial charge in [0, 0.05) is 24.5 Å². The summed E-state index contributed by atoms with van der Waals surface area (Å²) in [6.45, 7) is 1.86. The van der Waals surface area contributed by atoms with Crippen LogP contribution in [-0.4, -0.2) is 23.8 Å². The maximum Gasteiger partial charge on any atom is 0.272 e. The molecule has 0 bridgehead atoms. The summed E-state index contributed by atoms with van der Waals surface area (Å²) in [5.74, 6) is -0.740. The smallest absolute Gasteiger partial charge is 0.272 e. The van der Waals surface area contributed by atoms with Crippen LogP contribution < -0.4 is 10.6 Å². The highest BCUT2D eigenvalue weighted by atomic mass is 19.1. The lowest BCUT2D eigenvalue weighted by atomic mass is 10.1. The van der Waals surface area contributed by atoms with Crippen LogP contribution in [0.15, 0.2) is 42.5 Å². The Bertz CT molecular complexity index is 939. The molecule has 0 saturated heterocycles. The predicted octanol–water partition coefficient (Wildman–Crippen LogP) is 3.55. The average molecular weight is 353 g/mol. The van der Waals surface area contributed by atoms with Crippen LogP contribution >= 0.6 is 0 Å². The fraction of sp³-hybridized carbons (Fsp3) is 0.200. The van der Waals surface area contributed by atoms with Crippen molar-refractivity contribution in [1.82, 2.24) is 10.3 Å². The number of H-pyrrole nitrogens is 1. The van der Waals surface area contributed by atoms with Crippen LogP contribution in [-0.2, 0) is 11.2 Å². The van der Waals surface area contributed by atoms with E-state index in [4.69, 9.17) is 0 Å². The van der Waals surface area contributed by atoms with Gasteiger partial charge in [-0.05, 0) is 48.7 Å². The fourth-order valence-electron chi connectivity index (χ4n) is 2.83. The van der Waals surface area contributed by atoms with Crippen molar-refractivity contribution in [3.8, 4) is 0 Å². The van der Waals surface area contributed by atoms with Gasteiger partial charge < -0.3 is 15.6 Å². The Kier molecular flexibility index (Phi) is 5.02. The number of carbonyl (C=O) groups excluding carboxylic acids is 2. The van der Waals surface area contributed by atoms with E-state index >= 15 is 0 Å². The van der Waals surface area contributed by atoms with Gasteiger partial charge in [-0.1, -0.05) is 18.2 Å². The molecule has 5 nitrogen and oxygen atoms in total. The first kappa shape index (κ1) is 17.7. The minimum absolute atomic E-state index is 0.0325. The molecular weight excluding hydrogens is 333 g/mol. The molecule has 3 aromatic rings. The second-order valence-electron chi connectivity index (χ2n) is 6.16. The van der Waals surface area contributed by atoms with E-state index in [9.17, 15) is 14.0 Å². The number of aromatic nitrogens is 1. The first-order valence-electron chi connectivity index (χ1n) is 8.36. The van der Waals surface area contributed by atoms with Crippen LogP contribution in [0.3, 0.4) is 0 Å². The number of hydrogen-bond acceptors (Lipinski definition) is 2. The standard InChI is InChI=1S/C20H20FN3O2/c1-12-6-8-16(21)15-11-17(24-19(12)15)20(26)23-14-5-3-4-13(10-14)7-9-18(25)22-2/h3-6,8,10-11,24H,7,9H2,1-2H3,(H,22,25)(H,23,26). The Morgan fingerprint density at radius 2 is 1.96 bits per heavy atom. The third-order valence-electron chi connectivity index (χ3n) is 4.30. The number of halogens is 1. The highest BCUT2D eigenvalue weighted by Gasteiger charge is 2.13. The maximum absolute atomic E-state index is 13.9. The Morgan fingerprint density at radius 1 is 1.15 bits per heavy atom. The number of carbonyl (C=O) groups is 2. The molecule has 0 aliphatic heterocycles. The molecule has 26 heavy (non-hydrogen) atoms. The number of anilines is 1. The van der Waals surface area contributed by atoms with Crippen molar-refractivity contribution in [2.24, 2.45) is 0 Å². The van der Waals surface area contributed by atoms with Gasteiger partial charge in [-0.15, -0.1) is 0 Å². The lowest BCUT2D eigenvalue weighted by Crippen LogP contribution is -2.18. The molecule has 0 spiro atoms. The molecular formula is C20H20FN3O2. The minimum atomic E-state index is -0.364. The quantitative estimate of drug-likeness (QED) is 0.656. The van der Waals surface area contributed by atoms with Gasteiger partial charge in [0.2, 0.25) is 5.91 Å². The van der Waals surface area contributed by atoms with E-state index in [-0.39, 0.29) is 17.6 Å². The van der Waals surface area contributed by atoms with Gasteiger partial charge in [-0.3, -0.25) is 9.59 Å². The number of aromatic amines is 1. The van der Waals surface area contributed by atoms with Crippen molar-refractivity contribution < 1.29 is 14.0 Å². The SMILES string of the molecule is CNC(=O)CCc1cccc(NC(=O)c2cc3c(F)ccc(C)c3[nH]2)c1. The molecule has 2 aromatic carbocycles. The predicted molar refractivity (Wildman–Crippen MR) is 99.8 cm³/mol. The number of hydrogen-bond donors (Lipinski definition) is 3. The molecule has 0 aliphatic rings. The number of fused-ring (bicyclic) bond motifs is 1. The summed E-state index contributed by atoms with van der Waals surface area (Å²) in [5.41, 5.74) is 3.36. The third kappa shape index (κ3) is 3.74. The molecule has 0 aliphatic carbocycles. The van der Waals surface area contributed by atoms with Crippen LogP contribution in [0, 0.1) is 12.7 Å². The molecule has 134 valence electrons. The van der Waals surface area contributed by atoms with Gasteiger partial charge in [0.15, 0.2) is 0 Å². The normalized spacial score (nSPS) is 10.7. The number of nitrogens with one attached hydrogen (secondary N) is 3. The fourth-order valence-corrected chi connectivity index (χ4v) is 2.83. The van der Waals surface area contributed by atoms with Crippen LogP contribution in [0.5, 0.6) is 0 Å². The van der Waals surface area contributed by atoms with Gasteiger partial charge in [0.1, 0.15) is 11.5 Å². The summed E-state index contributed by atoms with van der Waals surface area (Å²) in [6.07, 6.45) is 0.967. The summed E-state index contributed by atoms with van der Waals surface area (Å²) in [5, 5.41) is 5.79. The van der Waals surface area contributed by atoms with Crippen LogP contribution in [0.4, 0.5) is 10.1 Å². The zero-order valence-electron chi connectivity index (χ0n) is 14.7. The van der Waals surface area contributed by atoms with Gasteiger partial charge in [-0.2, -0.15) is 0 Å². The van der Waals surface area contributed by atoms with Crippen molar-refractivity contribution >= 4 is 28.4 Å². The monoisotopic (exact) mass is 353 g/mol. The van der Waals surface area contributed by atoms with Crippen molar-refractivity contribution in [1.29, 1.82) is 0 Å². The molecule has 0 radical (unpaired) electrons. The number of aryl methyl sites for hydroxylation is 2. The molecule has 3 N–H and O–H groups in total. The van der Waals surface area contributed by atoms with E-state index in [2.05, 4.69) is 15.6 Å². The van der Waals surface area contributed by atoms with E-state index < -0.39 is 0 Å². The lowest BCUT2D eigenvalue weighted by Gasteiger charge is -2.07. The van der Waals surface area contributed by atoms with Crippen LogP contribution in [0.25, 0.3) is 10.9 Å². The van der Waals surface area contributed by atoms with Crippen LogP contribution in [0.1, 0.15) is 28.0 Å². The van der Waals surface area contributed by atoms with E-state index in [0.29, 0.717) is 35.1 Å². The Hall–Kier alpha value is -3.15. The van der Waals surface area contributed by atoms with E-state index in [1.54, 1.807) is 19.2 Å². The Balaban J connectivity index is 1.77. The van der Waals surface area contributed by atoms with E-state index in [1.165, 1.54) is 12.1 Å². The van der Waals surface area contributed by atoms with Crippen molar-refractivity contribution in [2.75, 3.05) is 12.4 Å². The highest BCUT2D eigenvalue weighted by Crippen LogP contribution is 2.23. The Labute approximate surface area is 150 Å². The van der Waals surface area contributed by atoms with E-state index in [0.717, 1.165) is 11.1 Å². The summed E-state index contributed by atoms with van der Waals surface area (Å²) < 4.78 is 13.9. The number of amides is 2. The molecule has 1 heterocycles. The molecule has 0 saturated carbocycles. The van der Waals surface area contributed by atoms with Crippen molar-refractivity contribution in [3.05, 3.63) is 65.1 Å². The zero-order chi connectivity index (χ0) is 18.7. The molecule has 3 rings (SSSR count). The molecule has 6 heteroatoms. The van der Waals surface area contributed by atoms with Gasteiger partial charge >= 0.3 is 0 Å². The maximum atomic E-state index is 13.9. The highest BCUT2D eigenvalue weighted by molar-refractivity contribution is 6.06. The summed E-state index contributed by atoms with van der Waals surface area (Å²) in [6, 6.07) is 11.9. The molecule has 0 unspecified atom stereocenters. The molecule has 1 aromatic heterocycles. The largest absolute Gasteiger partial charge is 0.359 e. The first-order valence-corrected chi connectivity index (χ1v) is 8.36. The summed E-state index contributed by atoms with van der Waals surface area (Å²) >= 11 is 0. The molecule has 0 atom stereocenters. The van der Waals surface area contributed by atoms with Crippen molar-refractivity contribution in [2.45, 2.75) is 19.8 Å². The minimum Gasteiger partial charge on any atom is -0.359 e. The summed E-state index contributed by atoms with van der Waals surface area (Å²) in [7, 11) is 1.60. The summed E-state index contributed by atoms with van der Waals surface area (Å²) in [4.78, 5) is 26.8. The van der Waals surface area contributed by atoms with Crippen molar-refractivity contribution in [3.63, 3.8) is 0 Å². The zero-order valence-corrected chi connectivity index (χ0v) is 14.7. The lowest BCUT2D eigenvalue weighted by molar-refractivity contribution is -0.120. The topological polar surface area (TPSA) is 74.0 Å². The average Bonchev–Trinajstić information content (AvgIpc) is 3.10. The van der Waals surface area contributed by atoms with Gasteiger partial charge in [-0.25, -0.2) is 4.39 Å².